The number of carbonyl (C=O) groups excluding carboxylic acids is 2. The lowest BCUT2D eigenvalue weighted by atomic mass is 10.2. The number of carbonyl (C=O) groups is 2. The minimum atomic E-state index is -0.822. The zero-order valence-electron chi connectivity index (χ0n) is 12.5. The molecule has 0 radical (unpaired) electrons. The summed E-state index contributed by atoms with van der Waals surface area (Å²) in [6.07, 6.45) is 0. The zero-order chi connectivity index (χ0) is 18.6. The van der Waals surface area contributed by atoms with Gasteiger partial charge >= 0.3 is 5.97 Å². The summed E-state index contributed by atoms with van der Waals surface area (Å²) >= 11 is 11.5. The fourth-order valence-electron chi connectivity index (χ4n) is 1.84. The standard InChI is InChI=1S/C15H11Cl2N3O5/c16-8-1-4-12(18)10(5-8)15(22)25-7-14(21)19-9-2-3-11(17)13(6-9)20(23)24/h1-6H,7,18H2,(H,19,21). The number of rotatable bonds is 5. The van der Waals surface area contributed by atoms with Gasteiger partial charge in [0.15, 0.2) is 6.61 Å². The van der Waals surface area contributed by atoms with Gasteiger partial charge in [0.1, 0.15) is 5.02 Å². The van der Waals surface area contributed by atoms with E-state index in [1.54, 1.807) is 0 Å². The maximum absolute atomic E-state index is 11.9. The summed E-state index contributed by atoms with van der Waals surface area (Å²) in [6, 6.07) is 8.01. The number of esters is 1. The predicted molar refractivity (Wildman–Crippen MR) is 92.9 cm³/mol. The lowest BCUT2D eigenvalue weighted by Crippen LogP contribution is -2.21. The fourth-order valence-corrected chi connectivity index (χ4v) is 2.20. The van der Waals surface area contributed by atoms with Crippen molar-refractivity contribution in [1.29, 1.82) is 0 Å². The van der Waals surface area contributed by atoms with Crippen molar-refractivity contribution in [2.24, 2.45) is 0 Å². The molecular weight excluding hydrogens is 373 g/mol. The lowest BCUT2D eigenvalue weighted by molar-refractivity contribution is -0.384. The first-order valence-corrected chi connectivity index (χ1v) is 7.49. The van der Waals surface area contributed by atoms with Crippen LogP contribution >= 0.6 is 23.2 Å². The molecule has 0 aromatic heterocycles. The summed E-state index contributed by atoms with van der Waals surface area (Å²) in [4.78, 5) is 33.9. The van der Waals surface area contributed by atoms with Crippen molar-refractivity contribution in [1.82, 2.24) is 0 Å². The van der Waals surface area contributed by atoms with Gasteiger partial charge in [-0.1, -0.05) is 23.2 Å². The molecular formula is C15H11Cl2N3O5. The van der Waals surface area contributed by atoms with Gasteiger partial charge in [-0.2, -0.15) is 0 Å². The van der Waals surface area contributed by atoms with Crippen LogP contribution in [0.25, 0.3) is 0 Å². The quantitative estimate of drug-likeness (QED) is 0.353. The van der Waals surface area contributed by atoms with Gasteiger partial charge in [0, 0.05) is 22.5 Å². The molecule has 130 valence electrons. The van der Waals surface area contributed by atoms with Crippen LogP contribution < -0.4 is 11.1 Å². The van der Waals surface area contributed by atoms with E-state index >= 15 is 0 Å². The van der Waals surface area contributed by atoms with Gasteiger partial charge in [-0.3, -0.25) is 14.9 Å². The minimum absolute atomic E-state index is 0.0300. The van der Waals surface area contributed by atoms with Gasteiger partial charge in [0.2, 0.25) is 0 Å². The van der Waals surface area contributed by atoms with Gasteiger partial charge in [0.05, 0.1) is 10.5 Å². The SMILES string of the molecule is Nc1ccc(Cl)cc1C(=O)OCC(=O)Nc1ccc(Cl)c([N+](=O)[O-])c1. The van der Waals surface area contributed by atoms with Crippen LogP contribution in [-0.2, 0) is 9.53 Å². The topological polar surface area (TPSA) is 125 Å². The third-order valence-electron chi connectivity index (χ3n) is 3.00. The highest BCUT2D eigenvalue weighted by atomic mass is 35.5. The van der Waals surface area contributed by atoms with Crippen LogP contribution in [0.3, 0.4) is 0 Å². The number of anilines is 2. The number of nitrogens with two attached hydrogens (primary N) is 1. The molecule has 2 aromatic rings. The van der Waals surface area contributed by atoms with Crippen LogP contribution in [-0.4, -0.2) is 23.4 Å². The number of nitro benzene ring substituents is 1. The van der Waals surface area contributed by atoms with Gasteiger partial charge in [-0.15, -0.1) is 0 Å². The van der Waals surface area contributed by atoms with E-state index in [1.165, 1.54) is 30.3 Å². The molecule has 0 aliphatic carbocycles. The van der Waals surface area contributed by atoms with Crippen molar-refractivity contribution in [3.63, 3.8) is 0 Å². The van der Waals surface area contributed by atoms with Crippen molar-refractivity contribution in [3.05, 3.63) is 62.1 Å². The fraction of sp³-hybridized carbons (Fsp3) is 0.0667. The Kier molecular flexibility index (Phi) is 5.79. The van der Waals surface area contributed by atoms with Crippen molar-refractivity contribution >= 4 is 52.1 Å². The van der Waals surface area contributed by atoms with Gasteiger partial charge in [-0.05, 0) is 30.3 Å². The van der Waals surface area contributed by atoms with Crippen LogP contribution in [0, 0.1) is 10.1 Å². The monoisotopic (exact) mass is 383 g/mol. The van der Waals surface area contributed by atoms with Gasteiger partial charge in [0.25, 0.3) is 11.6 Å². The predicted octanol–water partition coefficient (Wildman–Crippen LogP) is 3.28. The molecule has 2 aromatic carbocycles. The smallest absolute Gasteiger partial charge is 0.340 e. The van der Waals surface area contributed by atoms with E-state index < -0.39 is 23.4 Å². The number of halogens is 2. The molecule has 1 amide bonds. The summed E-state index contributed by atoms with van der Waals surface area (Å²) in [7, 11) is 0. The highest BCUT2D eigenvalue weighted by Gasteiger charge is 2.16. The van der Waals surface area contributed by atoms with E-state index in [1.807, 2.05) is 0 Å². The number of hydrogen-bond donors (Lipinski definition) is 2. The second kappa shape index (κ2) is 7.82. The van der Waals surface area contributed by atoms with Crippen LogP contribution in [0.2, 0.25) is 10.0 Å². The highest BCUT2D eigenvalue weighted by Crippen LogP contribution is 2.27. The maximum atomic E-state index is 11.9. The Bertz CT molecular complexity index is 857. The van der Waals surface area contributed by atoms with Gasteiger partial charge < -0.3 is 15.8 Å². The van der Waals surface area contributed by atoms with Crippen molar-refractivity contribution in [2.75, 3.05) is 17.7 Å². The van der Waals surface area contributed by atoms with Gasteiger partial charge in [-0.25, -0.2) is 4.79 Å². The van der Waals surface area contributed by atoms with E-state index in [0.29, 0.717) is 5.02 Å². The number of ether oxygens (including phenoxy) is 1. The number of benzene rings is 2. The Balaban J connectivity index is 1.99. The number of nitro groups is 1. The Labute approximate surface area is 151 Å². The molecule has 0 saturated heterocycles. The summed E-state index contributed by atoms with van der Waals surface area (Å²) in [5, 5.41) is 13.4. The molecule has 8 nitrogen and oxygen atoms in total. The Morgan fingerprint density at radius 3 is 2.60 bits per heavy atom. The molecule has 0 aliphatic heterocycles. The average molecular weight is 384 g/mol. The molecule has 0 fully saturated rings. The Morgan fingerprint density at radius 1 is 1.20 bits per heavy atom. The van der Waals surface area contributed by atoms with E-state index in [-0.39, 0.29) is 27.6 Å². The first-order valence-electron chi connectivity index (χ1n) is 6.74. The van der Waals surface area contributed by atoms with E-state index in [2.05, 4.69) is 5.32 Å². The molecule has 25 heavy (non-hydrogen) atoms. The zero-order valence-corrected chi connectivity index (χ0v) is 14.0. The highest BCUT2D eigenvalue weighted by molar-refractivity contribution is 6.32. The number of nitrogen functional groups attached to an aromatic ring is 1. The Morgan fingerprint density at radius 2 is 1.92 bits per heavy atom. The van der Waals surface area contributed by atoms with Crippen molar-refractivity contribution in [3.8, 4) is 0 Å². The number of nitrogens with one attached hydrogen (secondary N) is 1. The van der Waals surface area contributed by atoms with Crippen LogP contribution in [0.5, 0.6) is 0 Å². The molecule has 2 rings (SSSR count). The first kappa shape index (κ1) is 18.5. The molecule has 0 bridgehead atoms. The van der Waals surface area contributed by atoms with Crippen molar-refractivity contribution in [2.45, 2.75) is 0 Å². The van der Waals surface area contributed by atoms with E-state index in [0.717, 1.165) is 6.07 Å². The molecule has 0 spiro atoms. The lowest BCUT2D eigenvalue weighted by Gasteiger charge is -2.08. The normalized spacial score (nSPS) is 10.2. The van der Waals surface area contributed by atoms with Crippen LogP contribution in [0.15, 0.2) is 36.4 Å². The largest absolute Gasteiger partial charge is 0.452 e. The summed E-state index contributed by atoms with van der Waals surface area (Å²) in [5.41, 5.74) is 5.61. The first-order chi connectivity index (χ1) is 11.8. The third kappa shape index (κ3) is 4.82. The van der Waals surface area contributed by atoms with E-state index in [4.69, 9.17) is 33.7 Å². The summed E-state index contributed by atoms with van der Waals surface area (Å²) < 4.78 is 4.85. The summed E-state index contributed by atoms with van der Waals surface area (Å²) in [6.45, 7) is -0.610. The van der Waals surface area contributed by atoms with Crippen LogP contribution in [0.4, 0.5) is 17.1 Å². The summed E-state index contributed by atoms with van der Waals surface area (Å²) in [5.74, 6) is -1.51. The Hall–Kier alpha value is -2.84. The van der Waals surface area contributed by atoms with Crippen molar-refractivity contribution < 1.29 is 19.2 Å². The maximum Gasteiger partial charge on any atom is 0.340 e. The van der Waals surface area contributed by atoms with Crippen LogP contribution in [0.1, 0.15) is 10.4 Å². The number of amides is 1. The molecule has 0 saturated carbocycles. The molecule has 0 unspecified atom stereocenters. The average Bonchev–Trinajstić information content (AvgIpc) is 2.56. The molecule has 3 N–H and O–H groups in total. The molecule has 0 atom stereocenters. The third-order valence-corrected chi connectivity index (χ3v) is 3.55. The second-order valence-corrected chi connectivity index (χ2v) is 5.62. The molecule has 10 heteroatoms. The molecule has 0 aliphatic rings. The second-order valence-electron chi connectivity index (χ2n) is 4.78. The van der Waals surface area contributed by atoms with E-state index in [9.17, 15) is 19.7 Å². The number of hydrogen-bond acceptors (Lipinski definition) is 6. The number of nitrogens with zero attached hydrogens (tertiary/aromatic N) is 1. The molecule has 0 heterocycles. The minimum Gasteiger partial charge on any atom is -0.452 e.